The zero-order chi connectivity index (χ0) is 25.9. The van der Waals surface area contributed by atoms with E-state index in [2.05, 4.69) is 10.3 Å². The molecule has 0 saturated carbocycles. The van der Waals surface area contributed by atoms with Crippen molar-refractivity contribution in [1.29, 1.82) is 0 Å². The Morgan fingerprint density at radius 1 is 1.06 bits per heavy atom. The first-order valence-electron chi connectivity index (χ1n) is 11.5. The van der Waals surface area contributed by atoms with Gasteiger partial charge in [-0.25, -0.2) is 14.2 Å². The number of carbonyl (C=O) groups is 1. The van der Waals surface area contributed by atoms with Gasteiger partial charge >= 0.3 is 17.3 Å². The van der Waals surface area contributed by atoms with E-state index >= 15 is 0 Å². The molecule has 0 saturated heterocycles. The topological polar surface area (TPSA) is 115 Å². The third kappa shape index (κ3) is 5.98. The fourth-order valence-electron chi connectivity index (χ4n) is 3.64. The van der Waals surface area contributed by atoms with E-state index in [9.17, 15) is 19.5 Å². The van der Waals surface area contributed by atoms with Crippen LogP contribution in [0.15, 0.2) is 52.1 Å². The second-order valence-corrected chi connectivity index (χ2v) is 9.08. The number of ether oxygens (including phenoxy) is 1. The molecule has 0 amide bonds. The highest BCUT2D eigenvalue weighted by molar-refractivity contribution is 5.70. The molecule has 0 spiro atoms. The molecule has 0 aliphatic heterocycles. The van der Waals surface area contributed by atoms with Crippen LogP contribution in [0.25, 0.3) is 0 Å². The van der Waals surface area contributed by atoms with Crippen molar-refractivity contribution in [2.24, 2.45) is 5.92 Å². The van der Waals surface area contributed by atoms with Gasteiger partial charge < -0.3 is 15.2 Å². The summed E-state index contributed by atoms with van der Waals surface area (Å²) in [6.45, 7) is 10.9. The Bertz CT molecular complexity index is 1330. The Balaban J connectivity index is 2.10. The SMILES string of the molecule is Cc1ccc(Cn2c(Nc3ccc(OC(C)C)c(C)c3)nc(=O)n([C@H](C)C(C)C(=O)O)c2=O)cc1. The van der Waals surface area contributed by atoms with Crippen molar-refractivity contribution in [2.75, 3.05) is 5.32 Å². The third-order valence-electron chi connectivity index (χ3n) is 5.88. The van der Waals surface area contributed by atoms with Crippen LogP contribution in [0.2, 0.25) is 0 Å². The van der Waals surface area contributed by atoms with Crippen molar-refractivity contribution in [3.05, 3.63) is 80.1 Å². The van der Waals surface area contributed by atoms with Crippen molar-refractivity contribution in [3.63, 3.8) is 0 Å². The number of anilines is 2. The van der Waals surface area contributed by atoms with Gasteiger partial charge in [-0.05, 0) is 70.9 Å². The second-order valence-electron chi connectivity index (χ2n) is 9.08. The summed E-state index contributed by atoms with van der Waals surface area (Å²) in [6.07, 6.45) is 0.0247. The summed E-state index contributed by atoms with van der Waals surface area (Å²) < 4.78 is 8.04. The lowest BCUT2D eigenvalue weighted by atomic mass is 10.0. The standard InChI is InChI=1S/C26H32N4O5/c1-15(2)35-22-12-11-21(13-17(22)4)27-24-28-25(33)30(19(6)18(5)23(31)32)26(34)29(24)14-20-9-7-16(3)8-10-20/h7-13,15,18-19H,14H2,1-6H3,(H,31,32)(H,27,28,33)/t18?,19-/m1/s1. The van der Waals surface area contributed by atoms with Crippen molar-refractivity contribution in [1.82, 2.24) is 14.1 Å². The molecule has 0 radical (unpaired) electrons. The van der Waals surface area contributed by atoms with Crippen LogP contribution in [0, 0.1) is 19.8 Å². The maximum absolute atomic E-state index is 13.5. The molecule has 186 valence electrons. The van der Waals surface area contributed by atoms with Gasteiger partial charge in [0, 0.05) is 5.69 Å². The Morgan fingerprint density at radius 3 is 2.29 bits per heavy atom. The number of carboxylic acid groups (broad SMARTS) is 1. The minimum atomic E-state index is -1.10. The van der Waals surface area contributed by atoms with E-state index in [1.807, 2.05) is 64.1 Å². The molecule has 3 aromatic rings. The normalized spacial score (nSPS) is 12.9. The van der Waals surface area contributed by atoms with E-state index in [0.717, 1.165) is 27.0 Å². The molecule has 0 aliphatic carbocycles. The van der Waals surface area contributed by atoms with Gasteiger partial charge in [0.25, 0.3) is 0 Å². The van der Waals surface area contributed by atoms with Gasteiger partial charge in [0.2, 0.25) is 5.95 Å². The quantitative estimate of drug-likeness (QED) is 0.477. The zero-order valence-corrected chi connectivity index (χ0v) is 20.9. The molecule has 9 nitrogen and oxygen atoms in total. The van der Waals surface area contributed by atoms with Crippen molar-refractivity contribution in [3.8, 4) is 5.75 Å². The Morgan fingerprint density at radius 2 is 1.71 bits per heavy atom. The number of benzene rings is 2. The molecule has 2 aromatic carbocycles. The summed E-state index contributed by atoms with van der Waals surface area (Å²) >= 11 is 0. The van der Waals surface area contributed by atoms with Crippen LogP contribution < -0.4 is 21.4 Å². The molecule has 2 N–H and O–H groups in total. The van der Waals surface area contributed by atoms with E-state index in [4.69, 9.17) is 4.74 Å². The Kier molecular flexibility index (Phi) is 7.78. The highest BCUT2D eigenvalue weighted by Crippen LogP contribution is 2.25. The lowest BCUT2D eigenvalue weighted by molar-refractivity contribution is -0.142. The average Bonchev–Trinajstić information content (AvgIpc) is 2.78. The molecule has 1 unspecified atom stereocenters. The minimum Gasteiger partial charge on any atom is -0.491 e. The maximum Gasteiger partial charge on any atom is 0.355 e. The first-order valence-corrected chi connectivity index (χ1v) is 11.5. The van der Waals surface area contributed by atoms with Gasteiger partial charge in [0.05, 0.1) is 24.6 Å². The second kappa shape index (κ2) is 10.6. The number of hydrogen-bond acceptors (Lipinski definition) is 6. The summed E-state index contributed by atoms with van der Waals surface area (Å²) in [5.74, 6) is -1.24. The third-order valence-corrected chi connectivity index (χ3v) is 5.88. The molecular weight excluding hydrogens is 448 g/mol. The van der Waals surface area contributed by atoms with Gasteiger partial charge in [-0.3, -0.25) is 9.36 Å². The van der Waals surface area contributed by atoms with Crippen molar-refractivity contribution >= 4 is 17.6 Å². The summed E-state index contributed by atoms with van der Waals surface area (Å²) in [7, 11) is 0. The van der Waals surface area contributed by atoms with Gasteiger partial charge in [-0.15, -0.1) is 0 Å². The Labute approximate surface area is 204 Å². The number of aryl methyl sites for hydroxylation is 2. The molecule has 9 heteroatoms. The van der Waals surface area contributed by atoms with E-state index in [1.54, 1.807) is 6.07 Å². The summed E-state index contributed by atoms with van der Waals surface area (Å²) in [5.41, 5.74) is 1.98. The van der Waals surface area contributed by atoms with Gasteiger partial charge in [-0.1, -0.05) is 29.8 Å². The van der Waals surface area contributed by atoms with Crippen LogP contribution in [0.1, 0.15) is 50.4 Å². The van der Waals surface area contributed by atoms with Gasteiger partial charge in [-0.2, -0.15) is 4.98 Å². The molecule has 1 aromatic heterocycles. The molecule has 1 heterocycles. The lowest BCUT2D eigenvalue weighted by Gasteiger charge is -2.21. The fraction of sp³-hybridized carbons (Fsp3) is 0.385. The number of nitrogens with zero attached hydrogens (tertiary/aromatic N) is 3. The number of nitrogens with one attached hydrogen (secondary N) is 1. The highest BCUT2D eigenvalue weighted by atomic mass is 16.5. The molecule has 2 atom stereocenters. The smallest absolute Gasteiger partial charge is 0.355 e. The summed E-state index contributed by atoms with van der Waals surface area (Å²) in [6, 6.07) is 12.2. The number of carboxylic acids is 1. The number of hydrogen-bond donors (Lipinski definition) is 2. The molecular formula is C26H32N4O5. The Hall–Kier alpha value is -3.88. The van der Waals surface area contributed by atoms with Crippen LogP contribution in [0.5, 0.6) is 5.75 Å². The molecule has 35 heavy (non-hydrogen) atoms. The highest BCUT2D eigenvalue weighted by Gasteiger charge is 2.26. The maximum atomic E-state index is 13.5. The largest absolute Gasteiger partial charge is 0.491 e. The first kappa shape index (κ1) is 25.7. The monoisotopic (exact) mass is 480 g/mol. The van der Waals surface area contributed by atoms with E-state index in [0.29, 0.717) is 5.69 Å². The number of aromatic nitrogens is 3. The predicted molar refractivity (Wildman–Crippen MR) is 135 cm³/mol. The summed E-state index contributed by atoms with van der Waals surface area (Å²) in [4.78, 5) is 42.1. The van der Waals surface area contributed by atoms with E-state index < -0.39 is 29.3 Å². The van der Waals surface area contributed by atoms with Gasteiger partial charge in [0.15, 0.2) is 0 Å². The summed E-state index contributed by atoms with van der Waals surface area (Å²) in [5, 5.41) is 12.5. The minimum absolute atomic E-state index is 0.0247. The first-order chi connectivity index (χ1) is 16.5. The lowest BCUT2D eigenvalue weighted by Crippen LogP contribution is -2.46. The fourth-order valence-corrected chi connectivity index (χ4v) is 3.64. The van der Waals surface area contributed by atoms with Crippen molar-refractivity contribution < 1.29 is 14.6 Å². The van der Waals surface area contributed by atoms with Crippen LogP contribution in [-0.4, -0.2) is 31.3 Å². The van der Waals surface area contributed by atoms with E-state index in [1.165, 1.54) is 18.4 Å². The molecule has 3 rings (SSSR count). The zero-order valence-electron chi connectivity index (χ0n) is 20.9. The predicted octanol–water partition coefficient (Wildman–Crippen LogP) is 3.88. The van der Waals surface area contributed by atoms with Crippen LogP contribution in [0.3, 0.4) is 0 Å². The van der Waals surface area contributed by atoms with Crippen LogP contribution in [-0.2, 0) is 11.3 Å². The average molecular weight is 481 g/mol. The van der Waals surface area contributed by atoms with E-state index in [-0.39, 0.29) is 18.6 Å². The molecule has 0 bridgehead atoms. The van der Waals surface area contributed by atoms with Crippen LogP contribution in [0.4, 0.5) is 11.6 Å². The number of rotatable bonds is 9. The van der Waals surface area contributed by atoms with Crippen LogP contribution >= 0.6 is 0 Å². The van der Waals surface area contributed by atoms with Crippen molar-refractivity contribution in [2.45, 2.75) is 60.2 Å². The number of aliphatic carboxylic acids is 1. The molecule has 0 aliphatic rings. The van der Waals surface area contributed by atoms with Gasteiger partial charge in [0.1, 0.15) is 5.75 Å². The molecule has 0 fully saturated rings.